The predicted molar refractivity (Wildman–Crippen MR) is 130 cm³/mol. The lowest BCUT2D eigenvalue weighted by atomic mass is 9.77. The highest BCUT2D eigenvalue weighted by Crippen LogP contribution is 2.44. The van der Waals surface area contributed by atoms with Crippen molar-refractivity contribution >= 4 is 23.2 Å². The molecule has 1 aliphatic carbocycles. The Balaban J connectivity index is 1.31. The minimum atomic E-state index is 0.400. The van der Waals surface area contributed by atoms with E-state index in [0.29, 0.717) is 29.0 Å². The summed E-state index contributed by atoms with van der Waals surface area (Å²) in [6.45, 7) is 4.79. The fraction of sp³-hybridized carbons (Fsp3) is 0.500. The predicted octanol–water partition coefficient (Wildman–Crippen LogP) is 3.86. The number of aromatic nitrogens is 4. The van der Waals surface area contributed by atoms with E-state index in [-0.39, 0.29) is 0 Å². The molecule has 3 aromatic rings. The van der Waals surface area contributed by atoms with Crippen molar-refractivity contribution in [2.24, 2.45) is 5.41 Å². The van der Waals surface area contributed by atoms with Gasteiger partial charge in [-0.1, -0.05) is 12.8 Å². The summed E-state index contributed by atoms with van der Waals surface area (Å²) in [5.41, 5.74) is 1.99. The largest absolute Gasteiger partial charge is 0.426 e. The highest BCUT2D eigenvalue weighted by Gasteiger charge is 2.43. The monoisotopic (exact) mass is 458 g/mol. The van der Waals surface area contributed by atoms with Gasteiger partial charge in [0.25, 0.3) is 6.47 Å². The van der Waals surface area contributed by atoms with Crippen molar-refractivity contribution in [3.8, 4) is 17.1 Å². The van der Waals surface area contributed by atoms with Crippen LogP contribution in [0.3, 0.4) is 0 Å². The first kappa shape index (κ1) is 21.4. The lowest BCUT2D eigenvalue weighted by Crippen LogP contribution is -2.43. The average molecular weight is 459 g/mol. The first-order chi connectivity index (χ1) is 16.7. The minimum absolute atomic E-state index is 0.400. The van der Waals surface area contributed by atoms with Crippen LogP contribution in [0.25, 0.3) is 22.3 Å². The third-order valence-electron chi connectivity index (χ3n) is 8.10. The van der Waals surface area contributed by atoms with Crippen LogP contribution in [0.5, 0.6) is 5.75 Å². The molecule has 3 aliphatic rings. The molecule has 0 aromatic carbocycles. The van der Waals surface area contributed by atoms with Crippen molar-refractivity contribution in [2.45, 2.75) is 51.0 Å². The number of carbonyl (C=O) groups is 1. The summed E-state index contributed by atoms with van der Waals surface area (Å²) in [6, 6.07) is 4.62. The van der Waals surface area contributed by atoms with Crippen molar-refractivity contribution in [3.05, 3.63) is 36.9 Å². The van der Waals surface area contributed by atoms with Crippen LogP contribution in [0.15, 0.2) is 36.9 Å². The topological polar surface area (TPSA) is 84.3 Å². The van der Waals surface area contributed by atoms with Gasteiger partial charge in [0.1, 0.15) is 5.82 Å². The van der Waals surface area contributed by atoms with Crippen LogP contribution in [0.4, 0.5) is 5.82 Å². The molecule has 2 aliphatic heterocycles. The zero-order valence-electron chi connectivity index (χ0n) is 19.4. The van der Waals surface area contributed by atoms with E-state index in [1.165, 1.54) is 45.2 Å². The van der Waals surface area contributed by atoms with Gasteiger partial charge in [0, 0.05) is 43.6 Å². The second kappa shape index (κ2) is 8.91. The van der Waals surface area contributed by atoms with Crippen LogP contribution in [0.1, 0.15) is 44.9 Å². The van der Waals surface area contributed by atoms with Crippen molar-refractivity contribution in [1.82, 2.24) is 24.8 Å². The number of hydrogen-bond donors (Lipinski definition) is 0. The smallest absolute Gasteiger partial charge is 0.298 e. The molecular formula is C26H30N6O2. The molecule has 1 spiro atoms. The number of piperidine rings is 1. The van der Waals surface area contributed by atoms with Gasteiger partial charge in [-0.3, -0.25) is 19.7 Å². The molecular weight excluding hydrogens is 428 g/mol. The van der Waals surface area contributed by atoms with Crippen LogP contribution in [-0.2, 0) is 4.79 Å². The van der Waals surface area contributed by atoms with Crippen LogP contribution in [-0.4, -0.2) is 63.5 Å². The zero-order valence-corrected chi connectivity index (χ0v) is 19.4. The van der Waals surface area contributed by atoms with Crippen LogP contribution < -0.4 is 9.64 Å². The van der Waals surface area contributed by atoms with E-state index < -0.39 is 0 Å². The lowest BCUT2D eigenvalue weighted by molar-refractivity contribution is -0.120. The Labute approximate surface area is 199 Å². The summed E-state index contributed by atoms with van der Waals surface area (Å²) >= 11 is 0. The maximum absolute atomic E-state index is 11.2. The van der Waals surface area contributed by atoms with Gasteiger partial charge < -0.3 is 9.64 Å². The van der Waals surface area contributed by atoms with Gasteiger partial charge in [0.05, 0.1) is 23.3 Å². The fourth-order valence-corrected chi connectivity index (χ4v) is 6.19. The van der Waals surface area contributed by atoms with Gasteiger partial charge in [-0.15, -0.1) is 0 Å². The first-order valence-electron chi connectivity index (χ1n) is 12.4. The third kappa shape index (κ3) is 3.90. The number of anilines is 1. The SMILES string of the molecule is O=COc1cncc2nc(-c3ccncc3)nc(N3CCC4(CC3)CCN(C3CCCC3)C4)c12. The summed E-state index contributed by atoms with van der Waals surface area (Å²) in [5, 5.41) is 0.745. The normalized spacial score (nSPS) is 20.9. The molecule has 0 radical (unpaired) electrons. The molecule has 1 saturated carbocycles. The number of hydrogen-bond acceptors (Lipinski definition) is 8. The molecule has 0 amide bonds. The first-order valence-corrected chi connectivity index (χ1v) is 12.4. The van der Waals surface area contributed by atoms with Crippen LogP contribution >= 0.6 is 0 Å². The molecule has 6 rings (SSSR count). The second-order valence-corrected chi connectivity index (χ2v) is 10.00. The maximum atomic E-state index is 11.2. The molecule has 8 heteroatoms. The van der Waals surface area contributed by atoms with Crippen molar-refractivity contribution in [1.29, 1.82) is 0 Å². The summed E-state index contributed by atoms with van der Waals surface area (Å²) < 4.78 is 5.29. The van der Waals surface area contributed by atoms with Gasteiger partial charge >= 0.3 is 0 Å². The fourth-order valence-electron chi connectivity index (χ4n) is 6.19. The van der Waals surface area contributed by atoms with Crippen molar-refractivity contribution < 1.29 is 9.53 Å². The molecule has 0 unspecified atom stereocenters. The molecule has 34 heavy (non-hydrogen) atoms. The molecule has 2 saturated heterocycles. The van der Waals surface area contributed by atoms with Gasteiger partial charge in [0.2, 0.25) is 0 Å². The van der Waals surface area contributed by atoms with Gasteiger partial charge in [0.15, 0.2) is 11.6 Å². The Morgan fingerprint density at radius 3 is 2.50 bits per heavy atom. The van der Waals surface area contributed by atoms with Crippen molar-refractivity contribution in [3.63, 3.8) is 0 Å². The number of nitrogens with zero attached hydrogens (tertiary/aromatic N) is 6. The second-order valence-electron chi connectivity index (χ2n) is 10.00. The Hall–Kier alpha value is -3.13. The maximum Gasteiger partial charge on any atom is 0.298 e. The number of ether oxygens (including phenoxy) is 1. The summed E-state index contributed by atoms with van der Waals surface area (Å²) in [6.07, 6.45) is 15.9. The standard InChI is InChI=1S/C26H30N6O2/c33-18-34-22-16-28-15-21-23(22)25(30-24(29-21)19-5-10-27-11-6-19)31-12-7-26(8-13-31)9-14-32(17-26)20-3-1-2-4-20/h5-6,10-11,15-16,18,20H,1-4,7-9,12-14,17H2. The average Bonchev–Trinajstić information content (AvgIpc) is 3.56. The highest BCUT2D eigenvalue weighted by molar-refractivity contribution is 5.96. The molecule has 3 fully saturated rings. The quantitative estimate of drug-likeness (QED) is 0.533. The Morgan fingerprint density at radius 1 is 0.971 bits per heavy atom. The van der Waals surface area contributed by atoms with Gasteiger partial charge in [-0.25, -0.2) is 9.97 Å². The molecule has 176 valence electrons. The van der Waals surface area contributed by atoms with E-state index in [4.69, 9.17) is 14.7 Å². The molecule has 0 bridgehead atoms. The van der Waals surface area contributed by atoms with Crippen molar-refractivity contribution in [2.75, 3.05) is 31.1 Å². The van der Waals surface area contributed by atoms with Crippen LogP contribution in [0, 0.1) is 5.41 Å². The third-order valence-corrected chi connectivity index (χ3v) is 8.10. The van der Waals surface area contributed by atoms with E-state index in [0.717, 1.165) is 48.7 Å². The van der Waals surface area contributed by atoms with E-state index >= 15 is 0 Å². The molecule has 0 atom stereocenters. The highest BCUT2D eigenvalue weighted by atomic mass is 16.5. The van der Waals surface area contributed by atoms with Gasteiger partial charge in [-0.05, 0) is 56.2 Å². The number of rotatable bonds is 5. The van der Waals surface area contributed by atoms with E-state index in [9.17, 15) is 4.79 Å². The van der Waals surface area contributed by atoms with E-state index in [1.54, 1.807) is 24.8 Å². The number of pyridine rings is 2. The molecule has 8 nitrogen and oxygen atoms in total. The lowest BCUT2D eigenvalue weighted by Gasteiger charge is -2.40. The number of likely N-dealkylation sites (tertiary alicyclic amines) is 1. The number of carbonyl (C=O) groups excluding carboxylic acids is 1. The summed E-state index contributed by atoms with van der Waals surface area (Å²) in [4.78, 5) is 34.4. The van der Waals surface area contributed by atoms with E-state index in [2.05, 4.69) is 19.8 Å². The Kier molecular flexibility index (Phi) is 5.61. The summed E-state index contributed by atoms with van der Waals surface area (Å²) in [7, 11) is 0. The zero-order chi connectivity index (χ0) is 23.0. The van der Waals surface area contributed by atoms with E-state index in [1.807, 2.05) is 12.1 Å². The molecule has 5 heterocycles. The van der Waals surface area contributed by atoms with Gasteiger partial charge in [-0.2, -0.15) is 0 Å². The minimum Gasteiger partial charge on any atom is -0.426 e. The number of fused-ring (bicyclic) bond motifs is 1. The Morgan fingerprint density at radius 2 is 1.74 bits per heavy atom. The van der Waals surface area contributed by atoms with Crippen LogP contribution in [0.2, 0.25) is 0 Å². The Bertz CT molecular complexity index is 1170. The molecule has 0 N–H and O–H groups in total. The summed E-state index contributed by atoms with van der Waals surface area (Å²) in [5.74, 6) is 1.84. The molecule has 3 aromatic heterocycles.